The maximum atomic E-state index is 13.1. The molecular weight excluding hydrogens is 245 g/mol. The average molecular weight is 259 g/mol. The third kappa shape index (κ3) is 3.16. The number of pyridine rings is 1. The molecule has 19 heavy (non-hydrogen) atoms. The van der Waals surface area contributed by atoms with Crippen molar-refractivity contribution in [3.63, 3.8) is 0 Å². The molecule has 0 spiro atoms. The number of aromatic carboxylic acids is 1. The van der Waals surface area contributed by atoms with Crippen LogP contribution in [-0.2, 0) is 12.8 Å². The number of carboxylic acids is 1. The number of benzene rings is 1. The average Bonchev–Trinajstić information content (AvgIpc) is 2.41. The van der Waals surface area contributed by atoms with Gasteiger partial charge in [-0.1, -0.05) is 19.1 Å². The summed E-state index contributed by atoms with van der Waals surface area (Å²) >= 11 is 0. The van der Waals surface area contributed by atoms with Crippen molar-refractivity contribution >= 4 is 5.97 Å². The summed E-state index contributed by atoms with van der Waals surface area (Å²) in [5.74, 6) is -1.67. The molecule has 0 aliphatic carbocycles. The first-order valence-electron chi connectivity index (χ1n) is 6.05. The highest BCUT2D eigenvalue weighted by atomic mass is 19.1. The molecule has 0 atom stereocenters. The lowest BCUT2D eigenvalue weighted by Crippen LogP contribution is -2.04. The van der Waals surface area contributed by atoms with Crippen LogP contribution >= 0.6 is 0 Å². The molecule has 0 saturated heterocycles. The first-order valence-corrected chi connectivity index (χ1v) is 6.05. The summed E-state index contributed by atoms with van der Waals surface area (Å²) in [5, 5.41) is 9.06. The molecule has 1 heterocycles. The van der Waals surface area contributed by atoms with Crippen LogP contribution in [0.4, 0.5) is 4.39 Å². The van der Waals surface area contributed by atoms with E-state index in [0.717, 1.165) is 23.7 Å². The fourth-order valence-electron chi connectivity index (χ4n) is 1.87. The molecule has 0 radical (unpaired) electrons. The van der Waals surface area contributed by atoms with Crippen molar-refractivity contribution in [2.45, 2.75) is 19.8 Å². The van der Waals surface area contributed by atoms with Crippen molar-refractivity contribution in [3.8, 4) is 0 Å². The Kier molecular flexibility index (Phi) is 3.90. The molecule has 0 saturated carbocycles. The highest BCUT2D eigenvalue weighted by molar-refractivity contribution is 5.89. The second-order valence-corrected chi connectivity index (χ2v) is 4.29. The van der Waals surface area contributed by atoms with Crippen molar-refractivity contribution < 1.29 is 14.3 Å². The highest BCUT2D eigenvalue weighted by Gasteiger charge is 2.12. The van der Waals surface area contributed by atoms with Crippen LogP contribution in [0.3, 0.4) is 0 Å². The summed E-state index contributed by atoms with van der Waals surface area (Å²) in [6.07, 6.45) is 3.06. The van der Waals surface area contributed by atoms with Gasteiger partial charge in [-0.05, 0) is 35.7 Å². The predicted molar refractivity (Wildman–Crippen MR) is 69.8 cm³/mol. The van der Waals surface area contributed by atoms with E-state index in [1.165, 1.54) is 12.1 Å². The van der Waals surface area contributed by atoms with E-state index in [0.29, 0.717) is 12.0 Å². The van der Waals surface area contributed by atoms with E-state index in [-0.39, 0.29) is 5.56 Å². The third-order valence-corrected chi connectivity index (χ3v) is 2.97. The number of rotatable bonds is 4. The predicted octanol–water partition coefficient (Wildman–Crippen LogP) is 3.07. The Hall–Kier alpha value is -2.23. The van der Waals surface area contributed by atoms with Gasteiger partial charge in [0.1, 0.15) is 5.82 Å². The summed E-state index contributed by atoms with van der Waals surface area (Å²) < 4.78 is 13.1. The second-order valence-electron chi connectivity index (χ2n) is 4.29. The van der Waals surface area contributed by atoms with Crippen LogP contribution in [0.15, 0.2) is 36.5 Å². The second kappa shape index (κ2) is 5.61. The van der Waals surface area contributed by atoms with E-state index in [9.17, 15) is 9.18 Å². The fourth-order valence-corrected chi connectivity index (χ4v) is 1.87. The van der Waals surface area contributed by atoms with E-state index in [4.69, 9.17) is 5.11 Å². The molecule has 4 heteroatoms. The molecule has 3 nitrogen and oxygen atoms in total. The van der Waals surface area contributed by atoms with Gasteiger partial charge in [0.05, 0.1) is 5.56 Å². The van der Waals surface area contributed by atoms with Gasteiger partial charge in [-0.15, -0.1) is 0 Å². The molecule has 0 fully saturated rings. The maximum absolute atomic E-state index is 13.1. The Morgan fingerprint density at radius 2 is 2.11 bits per heavy atom. The van der Waals surface area contributed by atoms with Gasteiger partial charge in [0.15, 0.2) is 0 Å². The zero-order valence-electron chi connectivity index (χ0n) is 10.6. The number of hydrogen-bond acceptors (Lipinski definition) is 2. The van der Waals surface area contributed by atoms with Crippen LogP contribution in [-0.4, -0.2) is 16.1 Å². The van der Waals surface area contributed by atoms with Crippen LogP contribution in [0.2, 0.25) is 0 Å². The summed E-state index contributed by atoms with van der Waals surface area (Å²) in [6, 6.07) is 7.63. The molecule has 0 amide bonds. The van der Waals surface area contributed by atoms with Gasteiger partial charge in [-0.3, -0.25) is 4.98 Å². The molecule has 0 aliphatic rings. The zero-order valence-corrected chi connectivity index (χ0v) is 10.6. The zero-order chi connectivity index (χ0) is 13.8. The van der Waals surface area contributed by atoms with E-state index >= 15 is 0 Å². The molecular formula is C15H14FNO2. The van der Waals surface area contributed by atoms with Crippen molar-refractivity contribution in [1.29, 1.82) is 0 Å². The molecule has 0 bridgehead atoms. The van der Waals surface area contributed by atoms with Crippen LogP contribution in [0, 0.1) is 5.82 Å². The minimum Gasteiger partial charge on any atom is -0.478 e. The van der Waals surface area contributed by atoms with Crippen LogP contribution in [0.25, 0.3) is 0 Å². The van der Waals surface area contributed by atoms with Gasteiger partial charge >= 0.3 is 5.97 Å². The molecule has 2 rings (SSSR count). The van der Waals surface area contributed by atoms with Crippen molar-refractivity contribution in [2.75, 3.05) is 0 Å². The Morgan fingerprint density at radius 1 is 1.32 bits per heavy atom. The smallest absolute Gasteiger partial charge is 0.336 e. The van der Waals surface area contributed by atoms with Crippen LogP contribution < -0.4 is 0 Å². The van der Waals surface area contributed by atoms with Gasteiger partial charge in [0.25, 0.3) is 0 Å². The van der Waals surface area contributed by atoms with Gasteiger partial charge in [0.2, 0.25) is 0 Å². The lowest BCUT2D eigenvalue weighted by molar-refractivity contribution is 0.0695. The normalized spacial score (nSPS) is 10.4. The monoisotopic (exact) mass is 259 g/mol. The summed E-state index contributed by atoms with van der Waals surface area (Å²) in [7, 11) is 0. The Balaban J connectivity index is 2.29. The SMILES string of the molecule is CCc1ccc(Cc2ccc(F)cc2C(=O)O)nc1. The summed E-state index contributed by atoms with van der Waals surface area (Å²) in [6.45, 7) is 2.04. The third-order valence-electron chi connectivity index (χ3n) is 2.97. The molecule has 0 unspecified atom stereocenters. The number of aryl methyl sites for hydroxylation is 1. The van der Waals surface area contributed by atoms with Crippen molar-refractivity contribution in [3.05, 3.63) is 64.7 Å². The Morgan fingerprint density at radius 3 is 2.68 bits per heavy atom. The first kappa shape index (κ1) is 13.2. The largest absolute Gasteiger partial charge is 0.478 e. The standard InChI is InChI=1S/C15H14FNO2/c1-2-10-3-6-13(17-9-10)7-11-4-5-12(16)8-14(11)15(18)19/h3-6,8-9H,2,7H2,1H3,(H,18,19). The van der Waals surface area contributed by atoms with Gasteiger partial charge < -0.3 is 5.11 Å². The van der Waals surface area contributed by atoms with E-state index in [1.54, 1.807) is 6.20 Å². The van der Waals surface area contributed by atoms with Gasteiger partial charge in [-0.25, -0.2) is 9.18 Å². The number of halogens is 1. The molecule has 2 aromatic rings. The van der Waals surface area contributed by atoms with E-state index < -0.39 is 11.8 Å². The van der Waals surface area contributed by atoms with Crippen molar-refractivity contribution in [2.24, 2.45) is 0 Å². The van der Waals surface area contributed by atoms with Crippen LogP contribution in [0.1, 0.15) is 34.1 Å². The summed E-state index contributed by atoms with van der Waals surface area (Å²) in [4.78, 5) is 15.4. The summed E-state index contributed by atoms with van der Waals surface area (Å²) in [5.41, 5.74) is 2.44. The number of carboxylic acid groups (broad SMARTS) is 1. The minimum absolute atomic E-state index is 0.0126. The van der Waals surface area contributed by atoms with Gasteiger partial charge in [0, 0.05) is 18.3 Å². The van der Waals surface area contributed by atoms with E-state index in [2.05, 4.69) is 4.98 Å². The molecule has 98 valence electrons. The van der Waals surface area contributed by atoms with Crippen molar-refractivity contribution in [1.82, 2.24) is 4.98 Å². The lowest BCUT2D eigenvalue weighted by atomic mass is 10.0. The van der Waals surface area contributed by atoms with E-state index in [1.807, 2.05) is 19.1 Å². The lowest BCUT2D eigenvalue weighted by Gasteiger charge is -2.06. The molecule has 1 aromatic carbocycles. The Bertz CT molecular complexity index is 594. The first-order chi connectivity index (χ1) is 9.10. The number of aromatic nitrogens is 1. The minimum atomic E-state index is -1.13. The topological polar surface area (TPSA) is 50.2 Å². The number of nitrogens with zero attached hydrogens (tertiary/aromatic N) is 1. The maximum Gasteiger partial charge on any atom is 0.336 e. The molecule has 0 aliphatic heterocycles. The fraction of sp³-hybridized carbons (Fsp3) is 0.200. The molecule has 1 N–H and O–H groups in total. The highest BCUT2D eigenvalue weighted by Crippen LogP contribution is 2.15. The quantitative estimate of drug-likeness (QED) is 0.918. The number of carbonyl (C=O) groups is 1. The number of hydrogen-bond donors (Lipinski definition) is 1. The van der Waals surface area contributed by atoms with Gasteiger partial charge in [-0.2, -0.15) is 0 Å². The van der Waals surface area contributed by atoms with Crippen LogP contribution in [0.5, 0.6) is 0 Å². The Labute approximate surface area is 110 Å². The molecule has 1 aromatic heterocycles.